The van der Waals surface area contributed by atoms with Crippen LogP contribution in [0.5, 0.6) is 5.75 Å². The van der Waals surface area contributed by atoms with Crippen LogP contribution in [-0.4, -0.2) is 22.1 Å². The monoisotopic (exact) mass is 343 g/mol. The molecule has 26 heavy (non-hydrogen) atoms. The molecule has 128 valence electrons. The van der Waals surface area contributed by atoms with Gasteiger partial charge < -0.3 is 15.4 Å². The molecule has 0 saturated heterocycles. The van der Waals surface area contributed by atoms with Gasteiger partial charge in [0.2, 0.25) is 5.95 Å². The number of pyridine rings is 1. The molecule has 2 N–H and O–H groups in total. The lowest BCUT2D eigenvalue weighted by atomic mass is 10.2. The minimum absolute atomic E-state index is 0.508. The van der Waals surface area contributed by atoms with Gasteiger partial charge in [0.15, 0.2) is 0 Å². The molecule has 4 aromatic rings. The van der Waals surface area contributed by atoms with Gasteiger partial charge in [0, 0.05) is 35.2 Å². The van der Waals surface area contributed by atoms with E-state index in [2.05, 4.69) is 25.6 Å². The number of aromatic nitrogens is 3. The van der Waals surface area contributed by atoms with Crippen molar-refractivity contribution in [3.8, 4) is 5.75 Å². The highest BCUT2D eigenvalue weighted by atomic mass is 16.5. The van der Waals surface area contributed by atoms with Crippen molar-refractivity contribution >= 4 is 34.0 Å². The maximum absolute atomic E-state index is 5.27. The molecular weight excluding hydrogens is 326 g/mol. The normalized spacial score (nSPS) is 10.5. The van der Waals surface area contributed by atoms with Crippen LogP contribution in [-0.2, 0) is 0 Å². The van der Waals surface area contributed by atoms with Crippen LogP contribution in [0.25, 0.3) is 10.9 Å². The maximum Gasteiger partial charge on any atom is 0.229 e. The number of nitrogens with one attached hydrogen (secondary N) is 2. The van der Waals surface area contributed by atoms with Crippen molar-refractivity contribution in [3.05, 3.63) is 73.1 Å². The third-order valence-electron chi connectivity index (χ3n) is 3.87. The second-order valence-electron chi connectivity index (χ2n) is 5.63. The number of hydrogen-bond donors (Lipinski definition) is 2. The molecule has 0 fully saturated rings. The molecule has 4 rings (SSSR count). The Morgan fingerprint density at radius 1 is 0.808 bits per heavy atom. The third kappa shape index (κ3) is 3.39. The van der Waals surface area contributed by atoms with Gasteiger partial charge in [-0.1, -0.05) is 18.2 Å². The summed E-state index contributed by atoms with van der Waals surface area (Å²) in [6.07, 6.45) is 3.47. The Morgan fingerprint density at radius 3 is 2.50 bits per heavy atom. The first kappa shape index (κ1) is 15.8. The summed E-state index contributed by atoms with van der Waals surface area (Å²) < 4.78 is 5.27. The Morgan fingerprint density at radius 2 is 1.65 bits per heavy atom. The van der Waals surface area contributed by atoms with Crippen molar-refractivity contribution in [2.75, 3.05) is 17.7 Å². The number of hydrogen-bond acceptors (Lipinski definition) is 6. The van der Waals surface area contributed by atoms with Gasteiger partial charge in [0.25, 0.3) is 0 Å². The Labute approximate surface area is 150 Å². The van der Waals surface area contributed by atoms with Crippen molar-refractivity contribution in [2.45, 2.75) is 0 Å². The zero-order chi connectivity index (χ0) is 17.8. The van der Waals surface area contributed by atoms with Gasteiger partial charge in [0.1, 0.15) is 11.6 Å². The Kier molecular flexibility index (Phi) is 4.30. The second-order valence-corrected chi connectivity index (χ2v) is 5.63. The fourth-order valence-electron chi connectivity index (χ4n) is 2.63. The van der Waals surface area contributed by atoms with Gasteiger partial charge in [-0.25, -0.2) is 4.98 Å². The lowest BCUT2D eigenvalue weighted by Gasteiger charge is -2.12. The van der Waals surface area contributed by atoms with Gasteiger partial charge >= 0.3 is 0 Å². The number of para-hydroxylation sites is 1. The van der Waals surface area contributed by atoms with E-state index in [1.54, 1.807) is 19.5 Å². The molecule has 0 unspecified atom stereocenters. The van der Waals surface area contributed by atoms with Crippen molar-refractivity contribution in [3.63, 3.8) is 0 Å². The first-order chi connectivity index (χ1) is 12.8. The van der Waals surface area contributed by atoms with E-state index in [0.29, 0.717) is 5.95 Å². The van der Waals surface area contributed by atoms with Crippen LogP contribution in [0.2, 0.25) is 0 Å². The molecule has 0 saturated carbocycles. The molecule has 2 heterocycles. The zero-order valence-electron chi connectivity index (χ0n) is 14.2. The predicted octanol–water partition coefficient (Wildman–Crippen LogP) is 4.52. The Bertz CT molecular complexity index is 1040. The largest absolute Gasteiger partial charge is 0.497 e. The summed E-state index contributed by atoms with van der Waals surface area (Å²) in [5.41, 5.74) is 2.62. The summed E-state index contributed by atoms with van der Waals surface area (Å²) in [7, 11) is 1.64. The fraction of sp³-hybridized carbons (Fsp3) is 0.0500. The van der Waals surface area contributed by atoms with E-state index in [9.17, 15) is 0 Å². The number of ether oxygens (including phenoxy) is 1. The van der Waals surface area contributed by atoms with Crippen molar-refractivity contribution < 1.29 is 4.74 Å². The molecule has 6 nitrogen and oxygen atoms in total. The van der Waals surface area contributed by atoms with E-state index in [1.165, 1.54) is 0 Å². The number of rotatable bonds is 5. The van der Waals surface area contributed by atoms with Gasteiger partial charge in [-0.3, -0.25) is 4.98 Å². The highest BCUT2D eigenvalue weighted by molar-refractivity contribution is 5.91. The molecule has 0 aliphatic carbocycles. The van der Waals surface area contributed by atoms with Crippen LogP contribution in [0.1, 0.15) is 0 Å². The smallest absolute Gasteiger partial charge is 0.229 e. The molecule has 6 heteroatoms. The molecule has 0 amide bonds. The first-order valence-corrected chi connectivity index (χ1v) is 8.17. The summed E-state index contributed by atoms with van der Waals surface area (Å²) in [6, 6.07) is 19.3. The molecule has 0 aliphatic heterocycles. The summed E-state index contributed by atoms with van der Waals surface area (Å²) >= 11 is 0. The Hall–Kier alpha value is -3.67. The summed E-state index contributed by atoms with van der Waals surface area (Å²) in [5, 5.41) is 7.53. The summed E-state index contributed by atoms with van der Waals surface area (Å²) in [5.74, 6) is 2.01. The van der Waals surface area contributed by atoms with Crippen LogP contribution in [0.3, 0.4) is 0 Å². The minimum Gasteiger partial charge on any atom is -0.497 e. The van der Waals surface area contributed by atoms with E-state index >= 15 is 0 Å². The average Bonchev–Trinajstić information content (AvgIpc) is 2.69. The van der Waals surface area contributed by atoms with Crippen molar-refractivity contribution in [1.29, 1.82) is 0 Å². The predicted molar refractivity (Wildman–Crippen MR) is 103 cm³/mol. The quantitative estimate of drug-likeness (QED) is 0.555. The number of anilines is 4. The van der Waals surface area contributed by atoms with Crippen LogP contribution < -0.4 is 15.4 Å². The average molecular weight is 343 g/mol. The Balaban J connectivity index is 1.73. The van der Waals surface area contributed by atoms with E-state index in [1.807, 2.05) is 60.7 Å². The molecular formula is C20H17N5O. The van der Waals surface area contributed by atoms with Crippen LogP contribution in [0, 0.1) is 0 Å². The van der Waals surface area contributed by atoms with Gasteiger partial charge in [-0.2, -0.15) is 4.98 Å². The van der Waals surface area contributed by atoms with E-state index < -0.39 is 0 Å². The number of fused-ring (bicyclic) bond motifs is 1. The lowest BCUT2D eigenvalue weighted by Crippen LogP contribution is -2.02. The second kappa shape index (κ2) is 7.06. The van der Waals surface area contributed by atoms with E-state index in [4.69, 9.17) is 4.74 Å². The molecule has 2 aromatic carbocycles. The molecule has 2 aromatic heterocycles. The van der Waals surface area contributed by atoms with Gasteiger partial charge in [-0.15, -0.1) is 0 Å². The van der Waals surface area contributed by atoms with E-state index in [0.717, 1.165) is 33.8 Å². The van der Waals surface area contributed by atoms with Gasteiger partial charge in [0.05, 0.1) is 12.6 Å². The summed E-state index contributed by atoms with van der Waals surface area (Å²) in [4.78, 5) is 13.3. The SMILES string of the molecule is COc1cccc(Nc2nc(Nc3ccncc3)c3ccccc3n2)c1. The fourth-order valence-corrected chi connectivity index (χ4v) is 2.63. The minimum atomic E-state index is 0.508. The number of benzene rings is 2. The molecule has 0 radical (unpaired) electrons. The van der Waals surface area contributed by atoms with Crippen LogP contribution in [0.15, 0.2) is 73.1 Å². The maximum atomic E-state index is 5.27. The molecule has 0 aliphatic rings. The summed E-state index contributed by atoms with van der Waals surface area (Å²) in [6.45, 7) is 0. The lowest BCUT2D eigenvalue weighted by molar-refractivity contribution is 0.415. The topological polar surface area (TPSA) is 72.0 Å². The third-order valence-corrected chi connectivity index (χ3v) is 3.87. The standard InChI is InChI=1S/C20H17N5O/c1-26-16-6-4-5-15(13-16)23-20-24-18-8-3-2-7-17(18)19(25-20)22-14-9-11-21-12-10-14/h2-13H,1H3,(H2,21,22,23,24,25). The van der Waals surface area contributed by atoms with E-state index in [-0.39, 0.29) is 0 Å². The number of nitrogens with zero attached hydrogens (tertiary/aromatic N) is 3. The highest BCUT2D eigenvalue weighted by Gasteiger charge is 2.08. The highest BCUT2D eigenvalue weighted by Crippen LogP contribution is 2.27. The van der Waals surface area contributed by atoms with Crippen molar-refractivity contribution in [2.24, 2.45) is 0 Å². The molecule has 0 atom stereocenters. The zero-order valence-corrected chi connectivity index (χ0v) is 14.2. The molecule has 0 spiro atoms. The van der Waals surface area contributed by atoms with Gasteiger partial charge in [-0.05, 0) is 36.4 Å². The van der Waals surface area contributed by atoms with Crippen LogP contribution in [0.4, 0.5) is 23.1 Å². The first-order valence-electron chi connectivity index (χ1n) is 8.17. The molecule has 0 bridgehead atoms. The number of methoxy groups -OCH3 is 1. The van der Waals surface area contributed by atoms with Crippen molar-refractivity contribution in [1.82, 2.24) is 15.0 Å². The van der Waals surface area contributed by atoms with Crippen LogP contribution >= 0.6 is 0 Å².